The van der Waals surface area contributed by atoms with Crippen molar-refractivity contribution in [2.24, 2.45) is 4.99 Å². The lowest BCUT2D eigenvalue weighted by atomic mass is 9.94. The maximum atomic E-state index is 12.9. The SMILES string of the molecule is CCOC(=O)C1=C(C)N=C2SCCCN2[C@H]1c1cccc(NS(=O)(=O)c2ccc(C)cc2)c1. The first-order valence-corrected chi connectivity index (χ1v) is 13.3. The number of carbonyl (C=O) groups excluding carboxylic acids is 1. The van der Waals surface area contributed by atoms with Gasteiger partial charge in [-0.3, -0.25) is 4.72 Å². The summed E-state index contributed by atoms with van der Waals surface area (Å²) in [5.41, 5.74) is 3.34. The number of nitrogens with zero attached hydrogens (tertiary/aromatic N) is 2. The van der Waals surface area contributed by atoms with Crippen molar-refractivity contribution in [3.63, 3.8) is 0 Å². The van der Waals surface area contributed by atoms with Gasteiger partial charge in [0, 0.05) is 18.0 Å². The predicted molar refractivity (Wildman–Crippen MR) is 132 cm³/mol. The van der Waals surface area contributed by atoms with Crippen LogP contribution in [0.2, 0.25) is 0 Å². The van der Waals surface area contributed by atoms with Crippen molar-refractivity contribution < 1.29 is 17.9 Å². The lowest BCUT2D eigenvalue weighted by molar-refractivity contribution is -0.139. The molecule has 1 N–H and O–H groups in total. The molecular formula is C24H27N3O4S2. The van der Waals surface area contributed by atoms with Gasteiger partial charge in [-0.25, -0.2) is 18.2 Å². The molecule has 33 heavy (non-hydrogen) atoms. The van der Waals surface area contributed by atoms with Gasteiger partial charge in [-0.2, -0.15) is 0 Å². The number of allylic oxidation sites excluding steroid dienone is 1. The number of esters is 1. The van der Waals surface area contributed by atoms with E-state index in [-0.39, 0.29) is 11.5 Å². The van der Waals surface area contributed by atoms with Gasteiger partial charge in [-0.15, -0.1) is 0 Å². The molecule has 0 aliphatic carbocycles. The summed E-state index contributed by atoms with van der Waals surface area (Å²) in [6.45, 7) is 6.53. The third-order valence-corrected chi connectivity index (χ3v) is 8.01. The molecule has 0 bridgehead atoms. The highest BCUT2D eigenvalue weighted by Gasteiger charge is 2.38. The van der Waals surface area contributed by atoms with E-state index in [0.717, 1.165) is 35.0 Å². The van der Waals surface area contributed by atoms with Crippen LogP contribution < -0.4 is 4.72 Å². The van der Waals surface area contributed by atoms with Crippen molar-refractivity contribution in [2.45, 2.75) is 38.1 Å². The van der Waals surface area contributed by atoms with Crippen LogP contribution in [0, 0.1) is 6.92 Å². The first-order chi connectivity index (χ1) is 15.8. The van der Waals surface area contributed by atoms with E-state index < -0.39 is 22.0 Å². The summed E-state index contributed by atoms with van der Waals surface area (Å²) in [6.07, 6.45) is 0.967. The first kappa shape index (κ1) is 23.4. The number of fused-ring (bicyclic) bond motifs is 1. The van der Waals surface area contributed by atoms with E-state index in [4.69, 9.17) is 4.74 Å². The van der Waals surface area contributed by atoms with Gasteiger partial charge in [-0.05, 0) is 57.0 Å². The van der Waals surface area contributed by atoms with Crippen LogP contribution in [0.3, 0.4) is 0 Å². The van der Waals surface area contributed by atoms with Gasteiger partial charge < -0.3 is 9.64 Å². The van der Waals surface area contributed by atoms with E-state index in [1.54, 1.807) is 61.2 Å². The van der Waals surface area contributed by atoms with Crippen molar-refractivity contribution in [1.29, 1.82) is 0 Å². The lowest BCUT2D eigenvalue weighted by Crippen LogP contribution is -2.42. The summed E-state index contributed by atoms with van der Waals surface area (Å²) in [5, 5.41) is 0.877. The first-order valence-electron chi connectivity index (χ1n) is 10.9. The molecule has 0 aromatic heterocycles. The van der Waals surface area contributed by atoms with Gasteiger partial charge in [0.25, 0.3) is 10.0 Å². The number of aliphatic imine (C=N–C) groups is 1. The number of carbonyl (C=O) groups is 1. The van der Waals surface area contributed by atoms with Crippen LogP contribution in [0.5, 0.6) is 0 Å². The number of hydrogen-bond donors (Lipinski definition) is 1. The Balaban J connectivity index is 1.71. The minimum Gasteiger partial charge on any atom is -0.463 e. The Bertz CT molecular complexity index is 1220. The van der Waals surface area contributed by atoms with E-state index in [0.29, 0.717) is 17.0 Å². The molecule has 2 aromatic carbocycles. The number of thioether (sulfide) groups is 1. The fraction of sp³-hybridized carbons (Fsp3) is 0.333. The largest absolute Gasteiger partial charge is 0.463 e. The van der Waals surface area contributed by atoms with Crippen LogP contribution in [0.15, 0.2) is 69.7 Å². The molecule has 0 unspecified atom stereocenters. The normalized spacial score (nSPS) is 18.5. The van der Waals surface area contributed by atoms with E-state index in [2.05, 4.69) is 14.6 Å². The second-order valence-electron chi connectivity index (χ2n) is 7.96. The van der Waals surface area contributed by atoms with Gasteiger partial charge >= 0.3 is 5.97 Å². The Morgan fingerprint density at radius 2 is 1.97 bits per heavy atom. The predicted octanol–water partition coefficient (Wildman–Crippen LogP) is 4.48. The second-order valence-corrected chi connectivity index (χ2v) is 10.7. The number of anilines is 1. The zero-order valence-electron chi connectivity index (χ0n) is 18.9. The zero-order chi connectivity index (χ0) is 23.6. The molecule has 0 radical (unpaired) electrons. The molecule has 2 heterocycles. The van der Waals surface area contributed by atoms with Crippen LogP contribution >= 0.6 is 11.8 Å². The Morgan fingerprint density at radius 1 is 1.21 bits per heavy atom. The van der Waals surface area contributed by atoms with E-state index in [1.165, 1.54) is 0 Å². The number of nitrogens with one attached hydrogen (secondary N) is 1. The third-order valence-electron chi connectivity index (χ3n) is 5.54. The Labute approximate surface area is 199 Å². The van der Waals surface area contributed by atoms with Crippen LogP contribution in [0.25, 0.3) is 0 Å². The molecule has 9 heteroatoms. The highest BCUT2D eigenvalue weighted by atomic mass is 32.2. The van der Waals surface area contributed by atoms with Crippen LogP contribution in [-0.4, -0.2) is 43.4 Å². The summed E-state index contributed by atoms with van der Waals surface area (Å²) >= 11 is 1.67. The monoisotopic (exact) mass is 485 g/mol. The number of ether oxygens (including phenoxy) is 1. The molecule has 0 saturated carbocycles. The molecular weight excluding hydrogens is 458 g/mol. The molecule has 1 atom stereocenters. The Kier molecular flexibility index (Phi) is 6.81. The Hall–Kier alpha value is -2.78. The van der Waals surface area contributed by atoms with Crippen molar-refractivity contribution in [1.82, 2.24) is 4.90 Å². The summed E-state index contributed by atoms with van der Waals surface area (Å²) in [6, 6.07) is 13.5. The average molecular weight is 486 g/mol. The molecule has 0 spiro atoms. The van der Waals surface area contributed by atoms with Crippen molar-refractivity contribution >= 4 is 38.6 Å². The summed E-state index contributed by atoms with van der Waals surface area (Å²) in [4.78, 5) is 19.9. The number of sulfonamides is 1. The van der Waals surface area contributed by atoms with Crippen LogP contribution in [0.4, 0.5) is 5.69 Å². The van der Waals surface area contributed by atoms with E-state index >= 15 is 0 Å². The molecule has 2 aliphatic rings. The minimum absolute atomic E-state index is 0.195. The fourth-order valence-electron chi connectivity index (χ4n) is 3.99. The quantitative estimate of drug-likeness (QED) is 0.607. The number of benzene rings is 2. The van der Waals surface area contributed by atoms with Crippen LogP contribution in [0.1, 0.15) is 37.4 Å². The molecule has 0 amide bonds. The molecule has 4 rings (SSSR count). The maximum absolute atomic E-state index is 12.9. The molecule has 7 nitrogen and oxygen atoms in total. The number of amidine groups is 1. The second kappa shape index (κ2) is 9.61. The van der Waals surface area contributed by atoms with Gasteiger partial charge in [-0.1, -0.05) is 41.6 Å². The molecule has 2 aliphatic heterocycles. The topological polar surface area (TPSA) is 88.1 Å². The van der Waals surface area contributed by atoms with Gasteiger partial charge in [0.1, 0.15) is 0 Å². The summed E-state index contributed by atoms with van der Waals surface area (Å²) in [5.74, 6) is 0.574. The fourth-order valence-corrected chi connectivity index (χ4v) is 6.06. The number of rotatable bonds is 6. The van der Waals surface area contributed by atoms with Gasteiger partial charge in [0.2, 0.25) is 0 Å². The summed E-state index contributed by atoms with van der Waals surface area (Å²) < 4.78 is 33.8. The van der Waals surface area contributed by atoms with E-state index in [9.17, 15) is 13.2 Å². The van der Waals surface area contributed by atoms with Crippen molar-refractivity contribution in [3.8, 4) is 0 Å². The molecule has 1 saturated heterocycles. The summed E-state index contributed by atoms with van der Waals surface area (Å²) in [7, 11) is -3.75. The number of hydrogen-bond acceptors (Lipinski definition) is 7. The van der Waals surface area contributed by atoms with Crippen LogP contribution in [-0.2, 0) is 19.6 Å². The van der Waals surface area contributed by atoms with Gasteiger partial charge in [0.05, 0.1) is 28.8 Å². The Morgan fingerprint density at radius 3 is 2.70 bits per heavy atom. The molecule has 1 fully saturated rings. The van der Waals surface area contributed by atoms with E-state index in [1.807, 2.05) is 19.9 Å². The lowest BCUT2D eigenvalue weighted by Gasteiger charge is -2.40. The third kappa shape index (κ3) is 4.94. The average Bonchev–Trinajstić information content (AvgIpc) is 2.78. The minimum atomic E-state index is -3.75. The molecule has 2 aromatic rings. The highest BCUT2D eigenvalue weighted by molar-refractivity contribution is 8.13. The van der Waals surface area contributed by atoms with Gasteiger partial charge in [0.15, 0.2) is 5.17 Å². The highest BCUT2D eigenvalue weighted by Crippen LogP contribution is 2.40. The smallest absolute Gasteiger partial charge is 0.338 e. The molecule has 174 valence electrons. The van der Waals surface area contributed by atoms with Crippen molar-refractivity contribution in [3.05, 3.63) is 70.9 Å². The number of aryl methyl sites for hydroxylation is 1. The standard InChI is InChI=1S/C24H27N3O4S2/c1-4-31-23(28)21-17(3)25-24-27(13-6-14-32-24)22(21)18-7-5-8-19(15-18)26-33(29,30)20-11-9-16(2)10-12-20/h5,7-12,15,22,26H,4,6,13-14H2,1-3H3/t22-/m0/s1. The van der Waals surface area contributed by atoms with Crippen molar-refractivity contribution in [2.75, 3.05) is 23.6 Å². The zero-order valence-corrected chi connectivity index (χ0v) is 20.5. The maximum Gasteiger partial charge on any atom is 0.338 e.